The summed E-state index contributed by atoms with van der Waals surface area (Å²) in [6, 6.07) is 3.61. The SMILES string of the molecule is CCNc1ccc([N+](=O)[O-])c(N2CCCC(N(C)C)C2)n1. The summed E-state index contributed by atoms with van der Waals surface area (Å²) in [6.45, 7) is 4.31. The maximum atomic E-state index is 11.3. The standard InChI is InChI=1S/C14H23N5O2/c1-4-15-13-8-7-12(19(20)21)14(16-13)18-9-5-6-11(10-18)17(2)3/h7-8,11H,4-6,9-10H2,1-3H3,(H,15,16). The van der Waals surface area contributed by atoms with Crippen LogP contribution >= 0.6 is 0 Å². The minimum absolute atomic E-state index is 0.0797. The molecule has 0 bridgehead atoms. The Morgan fingerprint density at radius 2 is 2.29 bits per heavy atom. The Kier molecular flexibility index (Phi) is 4.95. The number of nitro groups is 1. The van der Waals surface area contributed by atoms with Gasteiger partial charge in [-0.3, -0.25) is 10.1 Å². The highest BCUT2D eigenvalue weighted by molar-refractivity contribution is 5.62. The van der Waals surface area contributed by atoms with Gasteiger partial charge in [0.1, 0.15) is 5.82 Å². The molecule has 1 aromatic heterocycles. The molecule has 7 heteroatoms. The molecule has 0 aromatic carbocycles. The molecule has 0 spiro atoms. The molecule has 7 nitrogen and oxygen atoms in total. The second-order valence-corrected chi connectivity index (χ2v) is 5.53. The number of likely N-dealkylation sites (N-methyl/N-ethyl adjacent to an activating group) is 1. The van der Waals surface area contributed by atoms with Gasteiger partial charge in [0.15, 0.2) is 0 Å². The van der Waals surface area contributed by atoms with E-state index in [4.69, 9.17) is 0 Å². The minimum atomic E-state index is -0.350. The summed E-state index contributed by atoms with van der Waals surface area (Å²) >= 11 is 0. The van der Waals surface area contributed by atoms with Crippen molar-refractivity contribution in [1.82, 2.24) is 9.88 Å². The Bertz CT molecular complexity index is 506. The van der Waals surface area contributed by atoms with E-state index in [1.165, 1.54) is 0 Å². The Balaban J connectivity index is 2.30. The average molecular weight is 293 g/mol. The van der Waals surface area contributed by atoms with Crippen LogP contribution in [0.5, 0.6) is 0 Å². The Morgan fingerprint density at radius 3 is 2.90 bits per heavy atom. The van der Waals surface area contributed by atoms with Crippen molar-refractivity contribution in [2.24, 2.45) is 0 Å². The summed E-state index contributed by atoms with van der Waals surface area (Å²) in [5.41, 5.74) is 0.0797. The zero-order valence-electron chi connectivity index (χ0n) is 12.9. The molecule has 1 aromatic rings. The maximum absolute atomic E-state index is 11.3. The van der Waals surface area contributed by atoms with Crippen LogP contribution in [0.3, 0.4) is 0 Å². The predicted molar refractivity (Wildman–Crippen MR) is 84.0 cm³/mol. The molecule has 21 heavy (non-hydrogen) atoms. The van der Waals surface area contributed by atoms with Crippen LogP contribution < -0.4 is 10.2 Å². The Labute approximate surface area is 125 Å². The van der Waals surface area contributed by atoms with E-state index in [2.05, 4.69) is 15.2 Å². The van der Waals surface area contributed by atoms with Crippen molar-refractivity contribution in [1.29, 1.82) is 0 Å². The van der Waals surface area contributed by atoms with Crippen molar-refractivity contribution in [2.75, 3.05) is 43.9 Å². The third-order valence-corrected chi connectivity index (χ3v) is 3.84. The lowest BCUT2D eigenvalue weighted by atomic mass is 10.0. The molecule has 1 aliphatic rings. The summed E-state index contributed by atoms with van der Waals surface area (Å²) in [7, 11) is 4.09. The van der Waals surface area contributed by atoms with E-state index in [0.29, 0.717) is 17.7 Å². The molecule has 1 unspecified atom stereocenters. The molecule has 1 fully saturated rings. The lowest BCUT2D eigenvalue weighted by Gasteiger charge is -2.36. The second-order valence-electron chi connectivity index (χ2n) is 5.53. The van der Waals surface area contributed by atoms with Crippen molar-refractivity contribution < 1.29 is 4.92 Å². The zero-order valence-corrected chi connectivity index (χ0v) is 12.9. The highest BCUT2D eigenvalue weighted by Crippen LogP contribution is 2.30. The van der Waals surface area contributed by atoms with Crippen LogP contribution in [-0.4, -0.2) is 54.6 Å². The summed E-state index contributed by atoms with van der Waals surface area (Å²) in [5.74, 6) is 1.16. The normalized spacial score (nSPS) is 18.9. The monoisotopic (exact) mass is 293 g/mol. The molecule has 0 saturated carbocycles. The number of piperidine rings is 1. The first-order chi connectivity index (χ1) is 10.0. The van der Waals surface area contributed by atoms with Crippen LogP contribution in [-0.2, 0) is 0 Å². The third kappa shape index (κ3) is 3.60. The summed E-state index contributed by atoms with van der Waals surface area (Å²) < 4.78 is 0. The van der Waals surface area contributed by atoms with E-state index in [9.17, 15) is 10.1 Å². The fraction of sp³-hybridized carbons (Fsp3) is 0.643. The topological polar surface area (TPSA) is 74.5 Å². The number of aromatic nitrogens is 1. The predicted octanol–water partition coefficient (Wildman–Crippen LogP) is 1.95. The Morgan fingerprint density at radius 1 is 1.52 bits per heavy atom. The summed E-state index contributed by atoms with van der Waals surface area (Å²) in [6.07, 6.45) is 2.14. The second kappa shape index (κ2) is 6.71. The highest BCUT2D eigenvalue weighted by atomic mass is 16.6. The van der Waals surface area contributed by atoms with Gasteiger partial charge in [0.05, 0.1) is 4.92 Å². The van der Waals surface area contributed by atoms with Crippen LogP contribution in [0.15, 0.2) is 12.1 Å². The first-order valence-electron chi connectivity index (χ1n) is 7.33. The molecule has 0 amide bonds. The van der Waals surface area contributed by atoms with Crippen molar-refractivity contribution in [2.45, 2.75) is 25.8 Å². The van der Waals surface area contributed by atoms with Gasteiger partial charge in [-0.15, -0.1) is 0 Å². The number of hydrogen-bond acceptors (Lipinski definition) is 6. The van der Waals surface area contributed by atoms with Gasteiger partial charge in [0, 0.05) is 31.7 Å². The molecule has 0 aliphatic carbocycles. The van der Waals surface area contributed by atoms with Crippen LogP contribution in [0.1, 0.15) is 19.8 Å². The van der Waals surface area contributed by atoms with Gasteiger partial charge in [-0.25, -0.2) is 4.98 Å². The molecule has 1 atom stereocenters. The largest absolute Gasteiger partial charge is 0.370 e. The quantitative estimate of drug-likeness (QED) is 0.660. The Hall–Kier alpha value is -1.89. The average Bonchev–Trinajstić information content (AvgIpc) is 2.47. The number of hydrogen-bond donors (Lipinski definition) is 1. The van der Waals surface area contributed by atoms with Crippen molar-refractivity contribution in [3.8, 4) is 0 Å². The van der Waals surface area contributed by atoms with E-state index < -0.39 is 0 Å². The number of rotatable bonds is 5. The number of nitrogens with one attached hydrogen (secondary N) is 1. The fourth-order valence-corrected chi connectivity index (χ4v) is 2.66. The fourth-order valence-electron chi connectivity index (χ4n) is 2.66. The van der Waals surface area contributed by atoms with Crippen molar-refractivity contribution >= 4 is 17.3 Å². The van der Waals surface area contributed by atoms with Crippen molar-refractivity contribution in [3.05, 3.63) is 22.2 Å². The summed E-state index contributed by atoms with van der Waals surface area (Å²) in [4.78, 5) is 19.6. The number of anilines is 2. The van der Waals surface area contributed by atoms with Gasteiger partial charge in [0.2, 0.25) is 5.82 Å². The van der Waals surface area contributed by atoms with Crippen LogP contribution in [0.2, 0.25) is 0 Å². The zero-order chi connectivity index (χ0) is 15.4. The van der Waals surface area contributed by atoms with E-state index in [0.717, 1.165) is 32.5 Å². The van der Waals surface area contributed by atoms with Crippen LogP contribution in [0.25, 0.3) is 0 Å². The molecule has 1 N–H and O–H groups in total. The van der Waals surface area contributed by atoms with Gasteiger partial charge in [-0.05, 0) is 39.9 Å². The lowest BCUT2D eigenvalue weighted by molar-refractivity contribution is -0.384. The summed E-state index contributed by atoms with van der Waals surface area (Å²) in [5, 5.41) is 14.4. The van der Waals surface area contributed by atoms with E-state index >= 15 is 0 Å². The molecule has 1 saturated heterocycles. The first-order valence-corrected chi connectivity index (χ1v) is 7.33. The molecular weight excluding hydrogens is 270 g/mol. The molecule has 116 valence electrons. The van der Waals surface area contributed by atoms with Crippen LogP contribution in [0.4, 0.5) is 17.3 Å². The van der Waals surface area contributed by atoms with E-state index in [1.54, 1.807) is 12.1 Å². The molecule has 1 aliphatic heterocycles. The third-order valence-electron chi connectivity index (χ3n) is 3.84. The maximum Gasteiger partial charge on any atom is 0.311 e. The van der Waals surface area contributed by atoms with Gasteiger partial charge < -0.3 is 15.1 Å². The van der Waals surface area contributed by atoms with E-state index in [-0.39, 0.29) is 10.6 Å². The molecular formula is C14H23N5O2. The van der Waals surface area contributed by atoms with Crippen LogP contribution in [0, 0.1) is 10.1 Å². The smallest absolute Gasteiger partial charge is 0.311 e. The molecule has 2 heterocycles. The van der Waals surface area contributed by atoms with Gasteiger partial charge in [0.25, 0.3) is 0 Å². The number of nitrogens with zero attached hydrogens (tertiary/aromatic N) is 4. The minimum Gasteiger partial charge on any atom is -0.370 e. The van der Waals surface area contributed by atoms with Gasteiger partial charge in [-0.2, -0.15) is 0 Å². The van der Waals surface area contributed by atoms with Gasteiger partial charge >= 0.3 is 5.69 Å². The number of pyridine rings is 1. The molecule has 0 radical (unpaired) electrons. The first kappa shape index (κ1) is 15.5. The lowest BCUT2D eigenvalue weighted by Crippen LogP contribution is -2.45. The molecule has 2 rings (SSSR count). The van der Waals surface area contributed by atoms with Crippen molar-refractivity contribution in [3.63, 3.8) is 0 Å². The van der Waals surface area contributed by atoms with Gasteiger partial charge in [-0.1, -0.05) is 0 Å². The highest BCUT2D eigenvalue weighted by Gasteiger charge is 2.27. The van der Waals surface area contributed by atoms with E-state index in [1.807, 2.05) is 25.9 Å².